The lowest BCUT2D eigenvalue weighted by atomic mass is 9.93. The molecule has 0 saturated heterocycles. The second-order valence-electron chi connectivity index (χ2n) is 15.0. The Morgan fingerprint density at radius 3 is 1.62 bits per heavy atom. The molecule has 11 aromatic rings. The molecule has 0 atom stereocenters. The average molecular weight is 716 g/mol. The van der Waals surface area contributed by atoms with Gasteiger partial charge < -0.3 is 8.98 Å². The molecular formula is C54H37NO. The van der Waals surface area contributed by atoms with Gasteiger partial charge in [-0.2, -0.15) is 0 Å². The first-order chi connectivity index (χ1) is 27.6. The van der Waals surface area contributed by atoms with Crippen molar-refractivity contribution in [1.29, 1.82) is 0 Å². The Kier molecular flexibility index (Phi) is 7.33. The second-order valence-corrected chi connectivity index (χ2v) is 15.0. The van der Waals surface area contributed by atoms with Gasteiger partial charge in [-0.1, -0.05) is 140 Å². The van der Waals surface area contributed by atoms with Gasteiger partial charge in [-0.05, 0) is 129 Å². The molecule has 2 heterocycles. The van der Waals surface area contributed by atoms with Crippen molar-refractivity contribution in [2.45, 2.75) is 13.8 Å². The SMILES string of the molecule is Cc1ccccc1C.c1ccc(-n2c3ccccc3c3ccc(-c4ccc5oc6ccc(-c7ccc8c9c(cccc79)-c7ccccc7-8)cc6c5c4)cc32)cc1. The summed E-state index contributed by atoms with van der Waals surface area (Å²) in [7, 11) is 0. The highest BCUT2D eigenvalue weighted by Crippen LogP contribution is 2.49. The van der Waals surface area contributed by atoms with Crippen molar-refractivity contribution in [1.82, 2.24) is 4.57 Å². The summed E-state index contributed by atoms with van der Waals surface area (Å²) in [4.78, 5) is 0. The Bertz CT molecular complexity index is 3270. The van der Waals surface area contributed by atoms with Crippen LogP contribution in [0.2, 0.25) is 0 Å². The molecule has 0 N–H and O–H groups in total. The predicted molar refractivity (Wildman–Crippen MR) is 237 cm³/mol. The van der Waals surface area contributed by atoms with Crippen molar-refractivity contribution >= 4 is 54.5 Å². The summed E-state index contributed by atoms with van der Waals surface area (Å²) < 4.78 is 8.77. The van der Waals surface area contributed by atoms with Gasteiger partial charge in [0.2, 0.25) is 0 Å². The van der Waals surface area contributed by atoms with E-state index >= 15 is 0 Å². The molecule has 56 heavy (non-hydrogen) atoms. The van der Waals surface area contributed by atoms with Gasteiger partial charge in [0.05, 0.1) is 11.0 Å². The third-order valence-corrected chi connectivity index (χ3v) is 11.8. The van der Waals surface area contributed by atoms with Crippen LogP contribution in [0, 0.1) is 13.8 Å². The zero-order valence-corrected chi connectivity index (χ0v) is 31.3. The van der Waals surface area contributed by atoms with Crippen LogP contribution in [0.3, 0.4) is 0 Å². The number of aromatic nitrogens is 1. The number of aryl methyl sites for hydroxylation is 2. The lowest BCUT2D eigenvalue weighted by Gasteiger charge is -2.10. The second kappa shape index (κ2) is 12.7. The number of para-hydroxylation sites is 2. The van der Waals surface area contributed by atoms with Crippen molar-refractivity contribution in [2.75, 3.05) is 0 Å². The topological polar surface area (TPSA) is 18.1 Å². The van der Waals surface area contributed by atoms with Gasteiger partial charge in [0.1, 0.15) is 11.2 Å². The Morgan fingerprint density at radius 2 is 0.875 bits per heavy atom. The molecule has 2 nitrogen and oxygen atoms in total. The highest BCUT2D eigenvalue weighted by atomic mass is 16.3. The van der Waals surface area contributed by atoms with Gasteiger partial charge >= 0.3 is 0 Å². The molecule has 0 aliphatic heterocycles. The molecule has 1 aliphatic carbocycles. The fourth-order valence-corrected chi connectivity index (χ4v) is 8.85. The molecule has 0 radical (unpaired) electrons. The van der Waals surface area contributed by atoms with Gasteiger partial charge in [0.25, 0.3) is 0 Å². The quantitative estimate of drug-likeness (QED) is 0.178. The standard InChI is InChI=1S/C46H27NO.C8H10/c1-2-9-31(10-3-1)47-42-16-7-6-13-35(42)36-20-17-29(27-43(36)47)28-18-23-44-40(25-28)41-26-30(19-24-45(41)48-44)32-21-22-39-34-12-5-4-11-33(34)38-15-8-14-37(32)46(38)39;1-7-5-3-4-6-8(7)2/h1-27H;3-6H,1-2H3. The minimum atomic E-state index is 0.904. The predicted octanol–water partition coefficient (Wildman–Crippen LogP) is 15.1. The summed E-state index contributed by atoms with van der Waals surface area (Å²) in [5, 5.41) is 7.42. The van der Waals surface area contributed by atoms with E-state index in [1.54, 1.807) is 0 Å². The lowest BCUT2D eigenvalue weighted by Crippen LogP contribution is -1.93. The maximum atomic E-state index is 6.40. The van der Waals surface area contributed by atoms with E-state index in [-0.39, 0.29) is 0 Å². The molecule has 2 heteroatoms. The van der Waals surface area contributed by atoms with E-state index in [1.807, 2.05) is 0 Å². The number of rotatable bonds is 3. The van der Waals surface area contributed by atoms with Gasteiger partial charge in [0.15, 0.2) is 0 Å². The smallest absolute Gasteiger partial charge is 0.135 e. The third kappa shape index (κ3) is 5.03. The summed E-state index contributed by atoms with van der Waals surface area (Å²) in [6, 6.07) is 67.9. The van der Waals surface area contributed by atoms with Gasteiger partial charge in [-0.15, -0.1) is 0 Å². The summed E-state index contributed by atoms with van der Waals surface area (Å²) in [6.45, 7) is 4.24. The minimum Gasteiger partial charge on any atom is -0.456 e. The Hall–Kier alpha value is -7.16. The van der Waals surface area contributed by atoms with Crippen LogP contribution in [0.5, 0.6) is 0 Å². The van der Waals surface area contributed by atoms with Crippen molar-refractivity contribution in [3.05, 3.63) is 199 Å². The van der Waals surface area contributed by atoms with Crippen LogP contribution >= 0.6 is 0 Å². The van der Waals surface area contributed by atoms with Crippen LogP contribution in [0.1, 0.15) is 11.1 Å². The summed E-state index contributed by atoms with van der Waals surface area (Å²) in [5.74, 6) is 0. The number of fused-ring (bicyclic) bond motifs is 9. The zero-order chi connectivity index (χ0) is 37.3. The van der Waals surface area contributed by atoms with Crippen LogP contribution in [0.25, 0.3) is 105 Å². The Balaban J connectivity index is 0.000000408. The molecule has 9 aromatic carbocycles. The Labute approximate surface area is 325 Å². The molecule has 0 fully saturated rings. The number of hydrogen-bond acceptors (Lipinski definition) is 1. The fourth-order valence-electron chi connectivity index (χ4n) is 8.85. The van der Waals surface area contributed by atoms with Crippen molar-refractivity contribution in [3.63, 3.8) is 0 Å². The molecule has 0 unspecified atom stereocenters. The van der Waals surface area contributed by atoms with Gasteiger partial charge in [0, 0.05) is 27.2 Å². The molecule has 0 spiro atoms. The highest BCUT2D eigenvalue weighted by Gasteiger charge is 2.22. The minimum absolute atomic E-state index is 0.904. The molecule has 1 aliphatic rings. The fraction of sp³-hybridized carbons (Fsp3) is 0.0370. The van der Waals surface area contributed by atoms with E-state index in [0.29, 0.717) is 0 Å². The molecule has 0 bridgehead atoms. The molecular weight excluding hydrogens is 679 g/mol. The zero-order valence-electron chi connectivity index (χ0n) is 31.3. The number of hydrogen-bond donors (Lipinski definition) is 0. The van der Waals surface area contributed by atoms with Crippen LogP contribution in [0.15, 0.2) is 192 Å². The maximum absolute atomic E-state index is 6.40. The normalized spacial score (nSPS) is 11.8. The van der Waals surface area contributed by atoms with Crippen LogP contribution in [-0.4, -0.2) is 4.57 Å². The first-order valence-corrected chi connectivity index (χ1v) is 19.3. The van der Waals surface area contributed by atoms with Crippen molar-refractivity contribution < 1.29 is 4.42 Å². The van der Waals surface area contributed by atoms with Gasteiger partial charge in [-0.3, -0.25) is 0 Å². The van der Waals surface area contributed by atoms with E-state index in [1.165, 1.54) is 88.2 Å². The summed E-state index contributed by atoms with van der Waals surface area (Å²) in [6.07, 6.45) is 0. The first-order valence-electron chi connectivity index (χ1n) is 19.3. The largest absolute Gasteiger partial charge is 0.456 e. The average Bonchev–Trinajstić information content (AvgIpc) is 3.90. The third-order valence-electron chi connectivity index (χ3n) is 11.8. The van der Waals surface area contributed by atoms with Crippen LogP contribution in [-0.2, 0) is 0 Å². The van der Waals surface area contributed by atoms with Crippen molar-refractivity contribution in [3.8, 4) is 50.2 Å². The lowest BCUT2D eigenvalue weighted by molar-refractivity contribution is 0.669. The molecule has 264 valence electrons. The molecule has 0 amide bonds. The van der Waals surface area contributed by atoms with Crippen LogP contribution < -0.4 is 0 Å². The van der Waals surface area contributed by atoms with Crippen LogP contribution in [0.4, 0.5) is 0 Å². The number of nitrogens with zero attached hydrogens (tertiary/aromatic N) is 1. The molecule has 12 rings (SSSR count). The highest BCUT2D eigenvalue weighted by molar-refractivity contribution is 6.19. The van der Waals surface area contributed by atoms with E-state index in [4.69, 9.17) is 4.42 Å². The summed E-state index contributed by atoms with van der Waals surface area (Å²) in [5.41, 5.74) is 18.2. The summed E-state index contributed by atoms with van der Waals surface area (Å²) >= 11 is 0. The van der Waals surface area contributed by atoms with Gasteiger partial charge in [-0.25, -0.2) is 0 Å². The first kappa shape index (κ1) is 32.3. The Morgan fingerprint density at radius 1 is 0.339 bits per heavy atom. The van der Waals surface area contributed by atoms with E-state index in [9.17, 15) is 0 Å². The monoisotopic (exact) mass is 715 g/mol. The maximum Gasteiger partial charge on any atom is 0.135 e. The van der Waals surface area contributed by atoms with E-state index in [2.05, 4.69) is 206 Å². The van der Waals surface area contributed by atoms with E-state index < -0.39 is 0 Å². The van der Waals surface area contributed by atoms with E-state index in [0.717, 1.165) is 27.6 Å². The molecule has 0 saturated carbocycles. The number of benzene rings is 9. The number of furan rings is 1. The molecule has 2 aromatic heterocycles. The van der Waals surface area contributed by atoms with Crippen molar-refractivity contribution in [2.24, 2.45) is 0 Å².